The summed E-state index contributed by atoms with van der Waals surface area (Å²) < 4.78 is 11.3. The third-order valence-corrected chi connectivity index (χ3v) is 5.63. The highest BCUT2D eigenvalue weighted by molar-refractivity contribution is 6.04. The molecule has 0 unspecified atom stereocenters. The van der Waals surface area contributed by atoms with Gasteiger partial charge in [0, 0.05) is 11.3 Å². The Hall–Kier alpha value is -2.82. The van der Waals surface area contributed by atoms with E-state index in [2.05, 4.69) is 24.4 Å². The first-order chi connectivity index (χ1) is 15.0. The number of esters is 1. The van der Waals surface area contributed by atoms with Crippen LogP contribution in [0.4, 0.5) is 5.69 Å². The molecule has 31 heavy (non-hydrogen) atoms. The monoisotopic (exact) mass is 423 g/mol. The fourth-order valence-electron chi connectivity index (χ4n) is 3.72. The number of hydrogen-bond donors (Lipinski definition) is 1. The molecule has 1 aliphatic carbocycles. The van der Waals surface area contributed by atoms with E-state index in [4.69, 9.17) is 9.47 Å². The van der Waals surface area contributed by atoms with E-state index in [0.717, 1.165) is 44.2 Å². The van der Waals surface area contributed by atoms with Crippen molar-refractivity contribution < 1.29 is 19.1 Å². The van der Waals surface area contributed by atoms with Gasteiger partial charge in [0.05, 0.1) is 0 Å². The number of amides is 1. The second-order valence-corrected chi connectivity index (χ2v) is 8.24. The first-order valence-electron chi connectivity index (χ1n) is 11.4. The summed E-state index contributed by atoms with van der Waals surface area (Å²) in [7, 11) is 0. The molecule has 5 heteroatoms. The lowest BCUT2D eigenvalue weighted by atomic mass is 9.98. The van der Waals surface area contributed by atoms with E-state index in [1.165, 1.54) is 18.4 Å². The average molecular weight is 424 g/mol. The van der Waals surface area contributed by atoms with Gasteiger partial charge in [-0.3, -0.25) is 4.79 Å². The Morgan fingerprint density at radius 3 is 2.32 bits per heavy atom. The first kappa shape index (κ1) is 22.9. The molecule has 0 aromatic heterocycles. The zero-order valence-corrected chi connectivity index (χ0v) is 18.6. The number of carbonyl (C=O) groups is 2. The van der Waals surface area contributed by atoms with E-state index in [1.807, 2.05) is 12.1 Å². The van der Waals surface area contributed by atoms with E-state index in [1.54, 1.807) is 31.2 Å². The summed E-state index contributed by atoms with van der Waals surface area (Å²) in [6.07, 6.45) is 8.01. The first-order valence-corrected chi connectivity index (χ1v) is 11.4. The van der Waals surface area contributed by atoms with Gasteiger partial charge >= 0.3 is 5.97 Å². The number of anilines is 1. The number of unbranched alkanes of at least 4 members (excludes halogenated alkanes) is 1. The fourth-order valence-corrected chi connectivity index (χ4v) is 3.72. The van der Waals surface area contributed by atoms with Gasteiger partial charge in [0.2, 0.25) is 0 Å². The summed E-state index contributed by atoms with van der Waals surface area (Å²) in [5, 5.41) is 2.91. The Morgan fingerprint density at radius 1 is 1.00 bits per heavy atom. The zero-order valence-electron chi connectivity index (χ0n) is 18.6. The van der Waals surface area contributed by atoms with Gasteiger partial charge in [-0.05, 0) is 87.4 Å². The molecular formula is C26H33NO4. The minimum absolute atomic E-state index is 0.0130. The smallest absolute Gasteiger partial charge is 0.347 e. The van der Waals surface area contributed by atoms with Crippen LogP contribution in [0.5, 0.6) is 5.75 Å². The van der Waals surface area contributed by atoms with Gasteiger partial charge in [-0.25, -0.2) is 4.79 Å². The minimum Gasteiger partial charge on any atom is -0.479 e. The van der Waals surface area contributed by atoms with E-state index < -0.39 is 6.10 Å². The maximum atomic E-state index is 12.5. The van der Waals surface area contributed by atoms with Crippen LogP contribution in [0.25, 0.3) is 0 Å². The van der Waals surface area contributed by atoms with Crippen LogP contribution < -0.4 is 10.1 Å². The second-order valence-electron chi connectivity index (χ2n) is 8.24. The summed E-state index contributed by atoms with van der Waals surface area (Å²) in [5.41, 5.74) is 2.57. The van der Waals surface area contributed by atoms with Crippen molar-refractivity contribution in [3.63, 3.8) is 0 Å². The molecule has 0 saturated heterocycles. The van der Waals surface area contributed by atoms with Crippen molar-refractivity contribution in [2.24, 2.45) is 0 Å². The standard InChI is InChI=1S/C26H33NO4/c1-3-4-8-20-11-15-22(16-12-20)27-25(28)21-13-17-24(18-14-21)30-19(2)26(29)31-23-9-6-5-7-10-23/h11-19,23H,3-10H2,1-2H3,(H,27,28)/t19-/m0/s1. The molecule has 1 aliphatic rings. The molecule has 2 aromatic carbocycles. The molecule has 2 aromatic rings. The van der Waals surface area contributed by atoms with Crippen LogP contribution in [0.15, 0.2) is 48.5 Å². The van der Waals surface area contributed by atoms with Crippen LogP contribution in [-0.2, 0) is 16.0 Å². The van der Waals surface area contributed by atoms with Gasteiger partial charge in [0.25, 0.3) is 5.91 Å². The molecule has 5 nitrogen and oxygen atoms in total. The van der Waals surface area contributed by atoms with Crippen molar-refractivity contribution in [3.8, 4) is 5.75 Å². The Balaban J connectivity index is 1.49. The number of rotatable bonds is 9. The molecule has 1 amide bonds. The number of aryl methyl sites for hydroxylation is 1. The van der Waals surface area contributed by atoms with Crippen molar-refractivity contribution in [3.05, 3.63) is 59.7 Å². The van der Waals surface area contributed by atoms with Crippen LogP contribution in [0.3, 0.4) is 0 Å². The third kappa shape index (κ3) is 7.12. The van der Waals surface area contributed by atoms with Crippen molar-refractivity contribution >= 4 is 17.6 Å². The van der Waals surface area contributed by atoms with E-state index in [0.29, 0.717) is 11.3 Å². The molecule has 1 fully saturated rings. The molecule has 0 spiro atoms. The maximum absolute atomic E-state index is 12.5. The molecule has 0 bridgehead atoms. The third-order valence-electron chi connectivity index (χ3n) is 5.63. The Morgan fingerprint density at radius 2 is 1.68 bits per heavy atom. The largest absolute Gasteiger partial charge is 0.479 e. The van der Waals surface area contributed by atoms with Gasteiger partial charge in [-0.15, -0.1) is 0 Å². The van der Waals surface area contributed by atoms with Gasteiger partial charge in [-0.2, -0.15) is 0 Å². The SMILES string of the molecule is CCCCc1ccc(NC(=O)c2ccc(O[C@@H](C)C(=O)OC3CCCCC3)cc2)cc1. The molecule has 1 N–H and O–H groups in total. The Labute approximate surface area is 185 Å². The van der Waals surface area contributed by atoms with Crippen LogP contribution in [0.1, 0.15) is 74.7 Å². The van der Waals surface area contributed by atoms with Crippen molar-refractivity contribution in [1.29, 1.82) is 0 Å². The summed E-state index contributed by atoms with van der Waals surface area (Å²) in [6, 6.07) is 14.8. The number of hydrogen-bond acceptors (Lipinski definition) is 4. The average Bonchev–Trinajstić information content (AvgIpc) is 2.79. The molecule has 0 heterocycles. The van der Waals surface area contributed by atoms with Crippen molar-refractivity contribution in [2.45, 2.75) is 77.4 Å². The number of ether oxygens (including phenoxy) is 2. The summed E-state index contributed by atoms with van der Waals surface area (Å²) in [4.78, 5) is 24.8. The minimum atomic E-state index is -0.687. The molecule has 3 rings (SSSR count). The van der Waals surface area contributed by atoms with Gasteiger partial charge in [-0.1, -0.05) is 31.9 Å². The number of carbonyl (C=O) groups excluding carboxylic acids is 2. The molecule has 1 saturated carbocycles. The predicted octanol–water partition coefficient (Wildman–Crippen LogP) is 5.92. The molecule has 166 valence electrons. The van der Waals surface area contributed by atoms with Crippen LogP contribution >= 0.6 is 0 Å². The van der Waals surface area contributed by atoms with E-state index in [9.17, 15) is 9.59 Å². The second kappa shape index (κ2) is 11.5. The normalized spacial score (nSPS) is 15.2. The van der Waals surface area contributed by atoms with Crippen LogP contribution in [0, 0.1) is 0 Å². The van der Waals surface area contributed by atoms with Crippen LogP contribution in [0.2, 0.25) is 0 Å². The molecular weight excluding hydrogens is 390 g/mol. The lowest BCUT2D eigenvalue weighted by Gasteiger charge is -2.23. The molecule has 1 atom stereocenters. The van der Waals surface area contributed by atoms with Crippen molar-refractivity contribution in [1.82, 2.24) is 0 Å². The highest BCUT2D eigenvalue weighted by atomic mass is 16.6. The summed E-state index contributed by atoms with van der Waals surface area (Å²) in [5.74, 6) is 0.0126. The van der Waals surface area contributed by atoms with Gasteiger partial charge < -0.3 is 14.8 Å². The lowest BCUT2D eigenvalue weighted by molar-refractivity contribution is -0.158. The lowest BCUT2D eigenvalue weighted by Crippen LogP contribution is -2.31. The summed E-state index contributed by atoms with van der Waals surface area (Å²) >= 11 is 0. The fraction of sp³-hybridized carbons (Fsp3) is 0.462. The number of nitrogens with one attached hydrogen (secondary N) is 1. The maximum Gasteiger partial charge on any atom is 0.347 e. The zero-order chi connectivity index (χ0) is 22.1. The van der Waals surface area contributed by atoms with E-state index in [-0.39, 0.29) is 18.0 Å². The summed E-state index contributed by atoms with van der Waals surface area (Å²) in [6.45, 7) is 3.87. The highest BCUT2D eigenvalue weighted by Crippen LogP contribution is 2.22. The van der Waals surface area contributed by atoms with Gasteiger partial charge in [0.1, 0.15) is 11.9 Å². The van der Waals surface area contributed by atoms with Crippen LogP contribution in [-0.4, -0.2) is 24.1 Å². The highest BCUT2D eigenvalue weighted by Gasteiger charge is 2.23. The molecule has 0 aliphatic heterocycles. The predicted molar refractivity (Wildman–Crippen MR) is 123 cm³/mol. The Bertz CT molecular complexity index is 839. The molecule has 0 radical (unpaired) electrons. The number of benzene rings is 2. The quantitative estimate of drug-likeness (QED) is 0.508. The van der Waals surface area contributed by atoms with Gasteiger partial charge in [0.15, 0.2) is 6.10 Å². The topological polar surface area (TPSA) is 64.6 Å². The van der Waals surface area contributed by atoms with E-state index >= 15 is 0 Å². The van der Waals surface area contributed by atoms with Crippen molar-refractivity contribution in [2.75, 3.05) is 5.32 Å². The Kier molecular flexibility index (Phi) is 8.51.